The molecule has 0 radical (unpaired) electrons. The molecule has 0 saturated carbocycles. The maximum atomic E-state index is 3.90. The lowest BCUT2D eigenvalue weighted by Gasteiger charge is -1.96. The summed E-state index contributed by atoms with van der Waals surface area (Å²) in [6.07, 6.45) is 6.88. The minimum absolute atomic E-state index is 0.980. The monoisotopic (exact) mass is 150 g/mol. The van der Waals surface area contributed by atoms with Gasteiger partial charge in [0.2, 0.25) is 0 Å². The molecule has 0 bridgehead atoms. The van der Waals surface area contributed by atoms with E-state index in [0.717, 1.165) is 11.3 Å². The molecular formula is C6H8N5+. The minimum Gasteiger partial charge on any atom is -0.244 e. The van der Waals surface area contributed by atoms with Crippen LogP contribution in [0.15, 0.2) is 24.9 Å². The second-order valence-corrected chi connectivity index (χ2v) is 2.14. The van der Waals surface area contributed by atoms with E-state index in [-0.39, 0.29) is 0 Å². The highest BCUT2D eigenvalue weighted by molar-refractivity contribution is 5.61. The van der Waals surface area contributed by atoms with Crippen molar-refractivity contribution in [3.8, 4) is 0 Å². The van der Waals surface area contributed by atoms with Crippen molar-refractivity contribution in [2.45, 2.75) is 0 Å². The predicted molar refractivity (Wildman–Crippen MR) is 38.2 cm³/mol. The smallest absolute Gasteiger partial charge is 0.119 e. The molecule has 2 rings (SSSR count). The molecule has 1 aromatic heterocycles. The Hall–Kier alpha value is -1.62. The molecule has 5 nitrogen and oxygen atoms in total. The predicted octanol–water partition coefficient (Wildman–Crippen LogP) is -1.64. The average Bonchev–Trinajstić information content (AvgIpc) is 2.58. The van der Waals surface area contributed by atoms with Crippen LogP contribution in [0.25, 0.3) is 5.70 Å². The number of quaternary nitrogens is 1. The van der Waals surface area contributed by atoms with Gasteiger partial charge in [-0.25, -0.2) is 20.8 Å². The first-order valence-corrected chi connectivity index (χ1v) is 3.26. The zero-order chi connectivity index (χ0) is 7.52. The molecule has 0 saturated heterocycles. The first-order chi connectivity index (χ1) is 5.47. The summed E-state index contributed by atoms with van der Waals surface area (Å²) in [4.78, 5) is 7.79. The fraction of sp³-hybridized carbons (Fsp3) is 0. The Balaban J connectivity index is 2.29. The lowest BCUT2D eigenvalue weighted by Crippen LogP contribution is -2.96. The quantitative estimate of drug-likeness (QED) is 0.420. The molecule has 0 atom stereocenters. The summed E-state index contributed by atoms with van der Waals surface area (Å²) in [6.45, 7) is 0. The summed E-state index contributed by atoms with van der Waals surface area (Å²) in [5, 5.41) is 0. The molecule has 0 aromatic carbocycles. The van der Waals surface area contributed by atoms with Crippen LogP contribution >= 0.6 is 0 Å². The van der Waals surface area contributed by atoms with E-state index in [1.807, 2.05) is 6.20 Å². The molecular weight excluding hydrogens is 142 g/mol. The Bertz CT molecular complexity index is 268. The first-order valence-electron chi connectivity index (χ1n) is 3.26. The van der Waals surface area contributed by atoms with Gasteiger partial charge >= 0.3 is 0 Å². The second-order valence-electron chi connectivity index (χ2n) is 2.14. The third kappa shape index (κ3) is 1.13. The molecule has 56 valence electrons. The summed E-state index contributed by atoms with van der Waals surface area (Å²) >= 11 is 0. The van der Waals surface area contributed by atoms with Crippen molar-refractivity contribution in [1.82, 2.24) is 20.8 Å². The summed E-state index contributed by atoms with van der Waals surface area (Å²) < 4.78 is 0. The van der Waals surface area contributed by atoms with Crippen LogP contribution in [0.4, 0.5) is 0 Å². The number of nitrogens with zero attached hydrogens (tertiary/aromatic N) is 2. The molecule has 1 aromatic rings. The van der Waals surface area contributed by atoms with Gasteiger partial charge in [-0.2, -0.15) is 5.53 Å². The van der Waals surface area contributed by atoms with Crippen molar-refractivity contribution in [2.24, 2.45) is 0 Å². The van der Waals surface area contributed by atoms with E-state index in [2.05, 4.69) is 20.8 Å². The molecule has 2 heterocycles. The normalized spacial score (nSPS) is 15.1. The third-order valence-electron chi connectivity index (χ3n) is 1.41. The molecule has 0 fully saturated rings. The Kier molecular flexibility index (Phi) is 1.42. The van der Waals surface area contributed by atoms with Crippen LogP contribution in [0.2, 0.25) is 0 Å². The van der Waals surface area contributed by atoms with Gasteiger partial charge in [0.25, 0.3) is 0 Å². The van der Waals surface area contributed by atoms with Crippen LogP contribution in [0, 0.1) is 0 Å². The standard InChI is InChI=1S/C6H7N5/c1-5(2-8-4-7-1)6-3-9-11-10-6/h1-4,9-11H/p+1. The van der Waals surface area contributed by atoms with E-state index in [1.54, 1.807) is 17.9 Å². The second kappa shape index (κ2) is 2.55. The van der Waals surface area contributed by atoms with Gasteiger partial charge in [-0.1, -0.05) is 0 Å². The van der Waals surface area contributed by atoms with Crippen LogP contribution in [0.3, 0.4) is 0 Å². The third-order valence-corrected chi connectivity index (χ3v) is 1.41. The number of nitrogens with one attached hydrogen (secondary N) is 2. The zero-order valence-corrected chi connectivity index (χ0v) is 5.78. The summed E-state index contributed by atoms with van der Waals surface area (Å²) in [7, 11) is 0. The average molecular weight is 150 g/mol. The summed E-state index contributed by atoms with van der Waals surface area (Å²) in [5.41, 5.74) is 9.66. The molecule has 1 aliphatic rings. The minimum atomic E-state index is 0.980. The van der Waals surface area contributed by atoms with Gasteiger partial charge in [0.1, 0.15) is 12.0 Å². The van der Waals surface area contributed by atoms with Gasteiger partial charge in [-0.15, -0.1) is 0 Å². The van der Waals surface area contributed by atoms with Gasteiger partial charge < -0.3 is 0 Å². The van der Waals surface area contributed by atoms with Crippen LogP contribution in [-0.2, 0) is 0 Å². The molecule has 11 heavy (non-hydrogen) atoms. The number of hydrogen-bond acceptors (Lipinski definition) is 4. The topological polar surface area (TPSA) is 66.5 Å². The largest absolute Gasteiger partial charge is 0.244 e. The van der Waals surface area contributed by atoms with Crippen LogP contribution in [0.1, 0.15) is 5.56 Å². The van der Waals surface area contributed by atoms with Crippen molar-refractivity contribution in [2.75, 3.05) is 0 Å². The number of rotatable bonds is 1. The number of aromatic nitrogens is 2. The first kappa shape index (κ1) is 6.11. The fourth-order valence-corrected chi connectivity index (χ4v) is 0.891. The lowest BCUT2D eigenvalue weighted by molar-refractivity contribution is -0.736. The van der Waals surface area contributed by atoms with Crippen molar-refractivity contribution in [3.63, 3.8) is 0 Å². The van der Waals surface area contributed by atoms with E-state index in [9.17, 15) is 0 Å². The molecule has 0 aliphatic carbocycles. The highest BCUT2D eigenvalue weighted by atomic mass is 15.6. The van der Waals surface area contributed by atoms with Crippen LogP contribution < -0.4 is 16.4 Å². The highest BCUT2D eigenvalue weighted by Gasteiger charge is 2.07. The molecule has 0 amide bonds. The zero-order valence-electron chi connectivity index (χ0n) is 5.78. The molecule has 4 N–H and O–H groups in total. The van der Waals surface area contributed by atoms with E-state index >= 15 is 0 Å². The SMILES string of the molecule is C1=C(c2cncnc2)N[NH2+]N1. The number of nitrogens with two attached hydrogens (primary N) is 1. The maximum absolute atomic E-state index is 3.90. The van der Waals surface area contributed by atoms with E-state index in [1.165, 1.54) is 6.33 Å². The van der Waals surface area contributed by atoms with Gasteiger partial charge in [0.15, 0.2) is 0 Å². The number of hydrogen-bond donors (Lipinski definition) is 3. The van der Waals surface area contributed by atoms with Crippen LogP contribution in [0.5, 0.6) is 0 Å². The van der Waals surface area contributed by atoms with Gasteiger partial charge in [0.05, 0.1) is 6.20 Å². The van der Waals surface area contributed by atoms with Crippen LogP contribution in [-0.4, -0.2) is 9.97 Å². The maximum Gasteiger partial charge on any atom is 0.119 e. The van der Waals surface area contributed by atoms with Crippen molar-refractivity contribution in [1.29, 1.82) is 0 Å². The van der Waals surface area contributed by atoms with E-state index < -0.39 is 0 Å². The van der Waals surface area contributed by atoms with Crippen molar-refractivity contribution >= 4 is 5.70 Å². The Morgan fingerprint density at radius 3 is 2.73 bits per heavy atom. The Morgan fingerprint density at radius 2 is 2.09 bits per heavy atom. The van der Waals surface area contributed by atoms with Gasteiger partial charge in [-0.3, -0.25) is 0 Å². The molecule has 1 aliphatic heterocycles. The molecule has 0 unspecified atom stereocenters. The van der Waals surface area contributed by atoms with Crippen molar-refractivity contribution < 1.29 is 5.53 Å². The lowest BCUT2D eigenvalue weighted by atomic mass is 10.3. The molecule has 5 heteroatoms. The summed E-state index contributed by atoms with van der Waals surface area (Å²) in [6, 6.07) is 0. The Morgan fingerprint density at radius 1 is 1.27 bits per heavy atom. The van der Waals surface area contributed by atoms with Gasteiger partial charge in [-0.05, 0) is 0 Å². The van der Waals surface area contributed by atoms with E-state index in [4.69, 9.17) is 0 Å². The van der Waals surface area contributed by atoms with Crippen molar-refractivity contribution in [3.05, 3.63) is 30.5 Å². The highest BCUT2D eigenvalue weighted by Crippen LogP contribution is 2.05. The summed E-state index contributed by atoms with van der Waals surface area (Å²) in [5.74, 6) is 0. The fourth-order valence-electron chi connectivity index (χ4n) is 0.891. The Labute approximate surface area is 63.5 Å². The molecule has 0 spiro atoms. The van der Waals surface area contributed by atoms with Gasteiger partial charge in [0, 0.05) is 18.0 Å². The van der Waals surface area contributed by atoms with E-state index in [0.29, 0.717) is 0 Å².